The largest absolute Gasteiger partial charge is 0.481 e. The first-order valence-corrected chi connectivity index (χ1v) is 5.60. The van der Waals surface area contributed by atoms with Crippen molar-refractivity contribution in [3.63, 3.8) is 0 Å². The number of rotatable bonds is 6. The average Bonchev–Trinajstić information content (AvgIpc) is 2.08. The first-order chi connectivity index (χ1) is 7.72. The second-order valence-electron chi connectivity index (χ2n) is 5.34. The van der Waals surface area contributed by atoms with Crippen molar-refractivity contribution in [3.05, 3.63) is 0 Å². The Hall–Kier alpha value is -1.14. The van der Waals surface area contributed by atoms with Crippen LogP contribution in [-0.4, -0.2) is 47.8 Å². The summed E-state index contributed by atoms with van der Waals surface area (Å²) in [6.45, 7) is 6.70. The lowest BCUT2D eigenvalue weighted by molar-refractivity contribution is -0.141. The summed E-state index contributed by atoms with van der Waals surface area (Å²) in [5.41, 5.74) is -1.03. The molecule has 1 saturated heterocycles. The molecule has 3 N–H and O–H groups in total. The van der Waals surface area contributed by atoms with Crippen LogP contribution in [-0.2, 0) is 14.3 Å². The van der Waals surface area contributed by atoms with Crippen LogP contribution in [0.3, 0.4) is 0 Å². The minimum absolute atomic E-state index is 0.0404. The molecule has 1 aliphatic rings. The molecule has 0 bridgehead atoms. The van der Waals surface area contributed by atoms with Crippen LogP contribution >= 0.6 is 0 Å². The van der Waals surface area contributed by atoms with Gasteiger partial charge in [0, 0.05) is 18.6 Å². The Morgan fingerprint density at radius 2 is 2.06 bits per heavy atom. The third kappa shape index (κ3) is 4.70. The number of hydrogen-bond acceptors (Lipinski definition) is 4. The van der Waals surface area contributed by atoms with Crippen LogP contribution in [0, 0.1) is 0 Å². The molecule has 6 nitrogen and oxygen atoms in total. The third-order valence-electron chi connectivity index (χ3n) is 2.62. The summed E-state index contributed by atoms with van der Waals surface area (Å²) in [4.78, 5) is 22.2. The summed E-state index contributed by atoms with van der Waals surface area (Å²) in [5.74, 6) is -1.23. The zero-order valence-electron chi connectivity index (χ0n) is 10.5. The van der Waals surface area contributed by atoms with E-state index >= 15 is 0 Å². The van der Waals surface area contributed by atoms with Gasteiger partial charge < -0.3 is 20.5 Å². The summed E-state index contributed by atoms with van der Waals surface area (Å²) < 4.78 is 5.46. The van der Waals surface area contributed by atoms with Crippen molar-refractivity contribution in [3.8, 4) is 0 Å². The second-order valence-corrected chi connectivity index (χ2v) is 5.34. The standard InChI is InChI=1S/C11H20N2O4/c1-10(2,4-9(15)16)13-8(14)5-17-11(3)6-12-7-11/h12H,4-7H2,1-3H3,(H,13,14)(H,15,16). The van der Waals surface area contributed by atoms with Crippen molar-refractivity contribution in [1.29, 1.82) is 0 Å². The molecule has 0 aromatic carbocycles. The summed E-state index contributed by atoms with van der Waals surface area (Å²) in [5, 5.41) is 14.4. The summed E-state index contributed by atoms with van der Waals surface area (Å²) in [7, 11) is 0. The van der Waals surface area contributed by atoms with Gasteiger partial charge in [-0.3, -0.25) is 9.59 Å². The minimum Gasteiger partial charge on any atom is -0.481 e. The van der Waals surface area contributed by atoms with E-state index in [0.29, 0.717) is 0 Å². The van der Waals surface area contributed by atoms with Crippen molar-refractivity contribution in [2.75, 3.05) is 19.7 Å². The molecule has 0 aliphatic carbocycles. The van der Waals surface area contributed by atoms with Gasteiger partial charge in [-0.05, 0) is 20.8 Å². The van der Waals surface area contributed by atoms with Crippen molar-refractivity contribution >= 4 is 11.9 Å². The number of carboxylic acid groups (broad SMARTS) is 1. The van der Waals surface area contributed by atoms with Gasteiger partial charge in [0.15, 0.2) is 0 Å². The number of hydrogen-bond donors (Lipinski definition) is 3. The fourth-order valence-corrected chi connectivity index (χ4v) is 1.65. The van der Waals surface area contributed by atoms with E-state index in [4.69, 9.17) is 9.84 Å². The van der Waals surface area contributed by atoms with Gasteiger partial charge in [0.2, 0.25) is 5.91 Å². The highest BCUT2D eigenvalue weighted by Crippen LogP contribution is 2.15. The van der Waals surface area contributed by atoms with E-state index < -0.39 is 11.5 Å². The first-order valence-electron chi connectivity index (χ1n) is 5.60. The van der Waals surface area contributed by atoms with Crippen molar-refractivity contribution in [1.82, 2.24) is 10.6 Å². The van der Waals surface area contributed by atoms with Gasteiger partial charge in [-0.25, -0.2) is 0 Å². The van der Waals surface area contributed by atoms with Gasteiger partial charge in [0.25, 0.3) is 0 Å². The second kappa shape index (κ2) is 5.01. The maximum atomic E-state index is 11.6. The Morgan fingerprint density at radius 3 is 2.47 bits per heavy atom. The van der Waals surface area contributed by atoms with Crippen LogP contribution in [0.4, 0.5) is 0 Å². The molecule has 0 unspecified atom stereocenters. The van der Waals surface area contributed by atoms with Gasteiger partial charge in [-0.2, -0.15) is 0 Å². The van der Waals surface area contributed by atoms with Crippen molar-refractivity contribution in [2.45, 2.75) is 38.3 Å². The van der Waals surface area contributed by atoms with Crippen molar-refractivity contribution in [2.24, 2.45) is 0 Å². The van der Waals surface area contributed by atoms with E-state index in [9.17, 15) is 9.59 Å². The molecule has 1 amide bonds. The van der Waals surface area contributed by atoms with Gasteiger partial charge in [0.1, 0.15) is 6.61 Å². The van der Waals surface area contributed by atoms with Gasteiger partial charge in [0.05, 0.1) is 12.0 Å². The zero-order valence-corrected chi connectivity index (χ0v) is 10.5. The molecule has 1 fully saturated rings. The van der Waals surface area contributed by atoms with E-state index in [2.05, 4.69) is 10.6 Å². The fourth-order valence-electron chi connectivity index (χ4n) is 1.65. The van der Waals surface area contributed by atoms with Crippen LogP contribution in [0.5, 0.6) is 0 Å². The van der Waals surface area contributed by atoms with Crippen LogP contribution in [0.25, 0.3) is 0 Å². The maximum Gasteiger partial charge on any atom is 0.305 e. The molecule has 0 spiro atoms. The Bertz CT molecular complexity index is 311. The summed E-state index contributed by atoms with van der Waals surface area (Å²) in [6.07, 6.45) is -0.114. The topological polar surface area (TPSA) is 87.7 Å². The molecule has 0 atom stereocenters. The molecule has 1 rings (SSSR count). The van der Waals surface area contributed by atoms with Crippen LogP contribution in [0.1, 0.15) is 27.2 Å². The lowest BCUT2D eigenvalue weighted by Crippen LogP contribution is -2.60. The lowest BCUT2D eigenvalue weighted by atomic mass is 10.00. The monoisotopic (exact) mass is 244 g/mol. The highest BCUT2D eigenvalue weighted by Gasteiger charge is 2.33. The molecule has 0 aromatic rings. The molecule has 98 valence electrons. The van der Waals surface area contributed by atoms with E-state index in [-0.39, 0.29) is 24.5 Å². The number of carboxylic acids is 1. The SMILES string of the molecule is CC(C)(CC(=O)O)NC(=O)COC1(C)CNC1. The highest BCUT2D eigenvalue weighted by molar-refractivity contribution is 5.79. The number of nitrogens with one attached hydrogen (secondary N) is 2. The Labute approximate surface area is 101 Å². The molecule has 1 heterocycles. The Kier molecular flexibility index (Phi) is 4.11. The summed E-state index contributed by atoms with van der Waals surface area (Å²) >= 11 is 0. The first kappa shape index (κ1) is 13.9. The van der Waals surface area contributed by atoms with E-state index in [1.807, 2.05) is 6.92 Å². The zero-order chi connectivity index (χ0) is 13.1. The molecule has 0 aromatic heterocycles. The molecule has 1 aliphatic heterocycles. The van der Waals surface area contributed by atoms with E-state index in [0.717, 1.165) is 13.1 Å². The smallest absolute Gasteiger partial charge is 0.305 e. The summed E-state index contributed by atoms with van der Waals surface area (Å²) in [6, 6.07) is 0. The highest BCUT2D eigenvalue weighted by atomic mass is 16.5. The quantitative estimate of drug-likeness (QED) is 0.599. The molecule has 6 heteroatoms. The number of amides is 1. The normalized spacial score (nSPS) is 18.3. The van der Waals surface area contributed by atoms with Crippen LogP contribution < -0.4 is 10.6 Å². The predicted molar refractivity (Wildman–Crippen MR) is 61.7 cm³/mol. The average molecular weight is 244 g/mol. The van der Waals surface area contributed by atoms with E-state index in [1.54, 1.807) is 13.8 Å². The van der Waals surface area contributed by atoms with Gasteiger partial charge in [-0.1, -0.05) is 0 Å². The minimum atomic E-state index is -0.939. The number of carbonyl (C=O) groups excluding carboxylic acids is 1. The van der Waals surface area contributed by atoms with Crippen LogP contribution in [0.15, 0.2) is 0 Å². The molecule has 0 radical (unpaired) electrons. The van der Waals surface area contributed by atoms with Crippen molar-refractivity contribution < 1.29 is 19.4 Å². The van der Waals surface area contributed by atoms with E-state index in [1.165, 1.54) is 0 Å². The molecular formula is C11H20N2O4. The maximum absolute atomic E-state index is 11.6. The molecule has 17 heavy (non-hydrogen) atoms. The van der Waals surface area contributed by atoms with Gasteiger partial charge in [-0.15, -0.1) is 0 Å². The predicted octanol–water partition coefficient (Wildman–Crippen LogP) is -0.266. The number of aliphatic carboxylic acids is 1. The molecular weight excluding hydrogens is 224 g/mol. The number of ether oxygens (including phenoxy) is 1. The fraction of sp³-hybridized carbons (Fsp3) is 0.818. The third-order valence-corrected chi connectivity index (χ3v) is 2.62. The molecule has 0 saturated carbocycles. The van der Waals surface area contributed by atoms with Crippen LogP contribution in [0.2, 0.25) is 0 Å². The van der Waals surface area contributed by atoms with Gasteiger partial charge >= 0.3 is 5.97 Å². The Balaban J connectivity index is 2.30. The Morgan fingerprint density at radius 1 is 1.47 bits per heavy atom. The number of carbonyl (C=O) groups is 2. The lowest BCUT2D eigenvalue weighted by Gasteiger charge is -2.39.